The molecule has 0 aliphatic rings. The van der Waals surface area contributed by atoms with Crippen molar-refractivity contribution in [3.8, 4) is 0 Å². The highest BCUT2D eigenvalue weighted by Crippen LogP contribution is 2.34. The second-order valence-electron chi connectivity index (χ2n) is 5.05. The number of rotatable bonds is 5. The van der Waals surface area contributed by atoms with Gasteiger partial charge >= 0.3 is 11.9 Å². The lowest BCUT2D eigenvalue weighted by atomic mass is 9.81. The molecule has 2 atom stereocenters. The molecule has 3 rings (SSSR count). The van der Waals surface area contributed by atoms with Gasteiger partial charge in [0.15, 0.2) is 0 Å². The van der Waals surface area contributed by atoms with Crippen LogP contribution in [-0.2, 0) is 9.59 Å². The Kier molecular flexibility index (Phi) is 4.03. The van der Waals surface area contributed by atoms with Crippen LogP contribution in [-0.4, -0.2) is 30.9 Å². The lowest BCUT2D eigenvalue weighted by Gasteiger charge is -2.21. The van der Waals surface area contributed by atoms with E-state index in [0.29, 0.717) is 22.2 Å². The Hall–Kier alpha value is -2.80. The molecule has 2 N–H and O–H groups in total. The summed E-state index contributed by atoms with van der Waals surface area (Å²) in [5.41, 5.74) is 2.07. The maximum absolute atomic E-state index is 11.8. The van der Waals surface area contributed by atoms with Crippen LogP contribution in [0.1, 0.15) is 23.0 Å². The second kappa shape index (κ2) is 6.13. The molecule has 3 aromatic rings. The number of carbonyl (C=O) groups is 2. The van der Waals surface area contributed by atoms with Crippen molar-refractivity contribution < 1.29 is 19.8 Å². The number of aromatic nitrogens is 2. The lowest BCUT2D eigenvalue weighted by molar-refractivity contribution is -0.147. The summed E-state index contributed by atoms with van der Waals surface area (Å²) >= 11 is 1.03. The first-order valence-electron chi connectivity index (χ1n) is 6.80. The van der Waals surface area contributed by atoms with Gasteiger partial charge in [-0.15, -0.1) is 0 Å². The van der Waals surface area contributed by atoms with Crippen molar-refractivity contribution in [2.75, 3.05) is 0 Å². The van der Waals surface area contributed by atoms with Crippen molar-refractivity contribution in [2.45, 2.75) is 11.8 Å². The van der Waals surface area contributed by atoms with E-state index in [1.807, 2.05) is 0 Å². The highest BCUT2D eigenvalue weighted by molar-refractivity contribution is 7.00. The topological polar surface area (TPSA) is 100 Å². The zero-order chi connectivity index (χ0) is 16.4. The fraction of sp³-hybridized carbons (Fsp3) is 0.125. The van der Waals surface area contributed by atoms with E-state index in [-0.39, 0.29) is 0 Å². The normalized spacial score (nSPS) is 13.6. The van der Waals surface area contributed by atoms with Gasteiger partial charge in [-0.05, 0) is 23.3 Å². The van der Waals surface area contributed by atoms with Crippen LogP contribution in [0.5, 0.6) is 0 Å². The van der Waals surface area contributed by atoms with Crippen LogP contribution < -0.4 is 0 Å². The highest BCUT2D eigenvalue weighted by atomic mass is 32.1. The van der Waals surface area contributed by atoms with E-state index < -0.39 is 23.8 Å². The van der Waals surface area contributed by atoms with Crippen molar-refractivity contribution in [3.05, 3.63) is 59.7 Å². The highest BCUT2D eigenvalue weighted by Gasteiger charge is 2.36. The number of nitrogens with zero attached hydrogens (tertiary/aromatic N) is 2. The Morgan fingerprint density at radius 3 is 2.09 bits per heavy atom. The van der Waals surface area contributed by atoms with Crippen LogP contribution in [0.25, 0.3) is 11.0 Å². The second-order valence-corrected chi connectivity index (χ2v) is 5.58. The van der Waals surface area contributed by atoms with Gasteiger partial charge in [-0.25, -0.2) is 0 Å². The standard InChI is InChI=1S/C16H12N2O4S/c19-15(20)13(9-4-2-1-3-5-9)14(16(21)22)10-6-7-11-12(8-10)18-23-17-11/h1-8,13-14H,(H,19,20)(H,21,22). The average molecular weight is 328 g/mol. The van der Waals surface area contributed by atoms with E-state index in [2.05, 4.69) is 8.75 Å². The summed E-state index contributed by atoms with van der Waals surface area (Å²) in [5, 5.41) is 19.2. The molecule has 7 heteroatoms. The number of hydrogen-bond acceptors (Lipinski definition) is 5. The molecule has 23 heavy (non-hydrogen) atoms. The molecule has 0 fully saturated rings. The van der Waals surface area contributed by atoms with Gasteiger partial charge in [-0.3, -0.25) is 9.59 Å². The predicted molar refractivity (Wildman–Crippen MR) is 84.6 cm³/mol. The Bertz CT molecular complexity index is 863. The van der Waals surface area contributed by atoms with Gasteiger partial charge in [0.2, 0.25) is 0 Å². The van der Waals surface area contributed by atoms with Crippen molar-refractivity contribution in [1.82, 2.24) is 8.75 Å². The summed E-state index contributed by atoms with van der Waals surface area (Å²) in [4.78, 5) is 23.5. The van der Waals surface area contributed by atoms with E-state index in [9.17, 15) is 19.8 Å². The van der Waals surface area contributed by atoms with Crippen LogP contribution in [0.15, 0.2) is 48.5 Å². The summed E-state index contributed by atoms with van der Waals surface area (Å²) in [6.07, 6.45) is 0. The summed E-state index contributed by atoms with van der Waals surface area (Å²) in [5.74, 6) is -4.76. The molecular weight excluding hydrogens is 316 g/mol. The van der Waals surface area contributed by atoms with Crippen LogP contribution in [0.4, 0.5) is 0 Å². The quantitative estimate of drug-likeness (QED) is 0.747. The molecule has 0 bridgehead atoms. The van der Waals surface area contributed by atoms with Crippen molar-refractivity contribution in [3.63, 3.8) is 0 Å². The van der Waals surface area contributed by atoms with Crippen molar-refractivity contribution in [2.24, 2.45) is 0 Å². The third-order valence-electron chi connectivity index (χ3n) is 3.66. The minimum absolute atomic E-state index is 0.397. The molecular formula is C16H12N2O4S. The van der Waals surface area contributed by atoms with Gasteiger partial charge in [0.25, 0.3) is 0 Å². The van der Waals surface area contributed by atoms with Gasteiger partial charge in [0.1, 0.15) is 11.0 Å². The first-order chi connectivity index (χ1) is 11.1. The molecule has 0 aliphatic carbocycles. The van der Waals surface area contributed by atoms with Gasteiger partial charge in [-0.2, -0.15) is 8.75 Å². The maximum Gasteiger partial charge on any atom is 0.312 e. The van der Waals surface area contributed by atoms with Gasteiger partial charge in [0.05, 0.1) is 23.6 Å². The number of fused-ring (bicyclic) bond motifs is 1. The summed E-state index contributed by atoms with van der Waals surface area (Å²) < 4.78 is 8.16. The lowest BCUT2D eigenvalue weighted by Crippen LogP contribution is -2.26. The van der Waals surface area contributed by atoms with E-state index in [1.165, 1.54) is 0 Å². The first kappa shape index (κ1) is 15.1. The van der Waals surface area contributed by atoms with Crippen LogP contribution >= 0.6 is 11.7 Å². The van der Waals surface area contributed by atoms with Crippen LogP contribution in [0.2, 0.25) is 0 Å². The predicted octanol–water partition coefficient (Wildman–Crippen LogP) is 2.73. The summed E-state index contributed by atoms with van der Waals surface area (Å²) in [6, 6.07) is 13.2. The van der Waals surface area contributed by atoms with E-state index in [4.69, 9.17) is 0 Å². The van der Waals surface area contributed by atoms with E-state index >= 15 is 0 Å². The smallest absolute Gasteiger partial charge is 0.312 e. The SMILES string of the molecule is O=C(O)C(c1ccccc1)C(C(=O)O)c1ccc2nsnc2c1. The number of benzene rings is 2. The Morgan fingerprint density at radius 1 is 0.826 bits per heavy atom. The fourth-order valence-electron chi connectivity index (χ4n) is 2.61. The minimum Gasteiger partial charge on any atom is -0.481 e. The average Bonchev–Trinajstić information content (AvgIpc) is 3.00. The Balaban J connectivity index is 2.12. The minimum atomic E-state index is -1.21. The third-order valence-corrected chi connectivity index (χ3v) is 4.22. The number of aliphatic carboxylic acids is 2. The molecule has 0 amide bonds. The molecule has 0 spiro atoms. The molecule has 2 aromatic carbocycles. The summed E-state index contributed by atoms with van der Waals surface area (Å²) in [6.45, 7) is 0. The number of carboxylic acid groups (broad SMARTS) is 2. The zero-order valence-corrected chi connectivity index (χ0v) is 12.6. The summed E-state index contributed by atoms with van der Waals surface area (Å²) in [7, 11) is 0. The van der Waals surface area contributed by atoms with Crippen molar-refractivity contribution in [1.29, 1.82) is 0 Å². The van der Waals surface area contributed by atoms with Crippen LogP contribution in [0, 0.1) is 0 Å². The van der Waals surface area contributed by atoms with Gasteiger partial charge in [-0.1, -0.05) is 36.4 Å². The molecule has 2 unspecified atom stereocenters. The third kappa shape index (κ3) is 2.91. The first-order valence-corrected chi connectivity index (χ1v) is 7.53. The fourth-order valence-corrected chi connectivity index (χ4v) is 3.13. The number of carboxylic acids is 2. The van der Waals surface area contributed by atoms with E-state index in [0.717, 1.165) is 11.7 Å². The zero-order valence-electron chi connectivity index (χ0n) is 11.8. The molecule has 1 aromatic heterocycles. The van der Waals surface area contributed by atoms with E-state index in [1.54, 1.807) is 48.5 Å². The van der Waals surface area contributed by atoms with Gasteiger partial charge < -0.3 is 10.2 Å². The monoisotopic (exact) mass is 328 g/mol. The molecule has 116 valence electrons. The molecule has 1 heterocycles. The van der Waals surface area contributed by atoms with Crippen molar-refractivity contribution >= 4 is 34.7 Å². The Morgan fingerprint density at radius 2 is 1.43 bits per heavy atom. The maximum atomic E-state index is 11.8. The molecule has 0 aliphatic heterocycles. The molecule has 0 saturated heterocycles. The van der Waals surface area contributed by atoms with Gasteiger partial charge in [0, 0.05) is 0 Å². The largest absolute Gasteiger partial charge is 0.481 e. The Labute approximate surface area is 135 Å². The van der Waals surface area contributed by atoms with Crippen LogP contribution in [0.3, 0.4) is 0 Å². The molecule has 6 nitrogen and oxygen atoms in total. The number of hydrogen-bond donors (Lipinski definition) is 2. The molecule has 0 saturated carbocycles. The molecule has 0 radical (unpaired) electrons.